The lowest BCUT2D eigenvalue weighted by atomic mass is 10.6. The van der Waals surface area contributed by atoms with Gasteiger partial charge in [0.1, 0.15) is 0 Å². The van der Waals surface area contributed by atoms with Crippen LogP contribution >= 0.6 is 20.2 Å². The summed E-state index contributed by atoms with van der Waals surface area (Å²) in [5, 5.41) is 0. The van der Waals surface area contributed by atoms with E-state index in [2.05, 4.69) is 56.2 Å². The van der Waals surface area contributed by atoms with Crippen molar-refractivity contribution in [3.8, 4) is 0 Å². The lowest BCUT2D eigenvalue weighted by Gasteiger charge is -2.27. The highest BCUT2D eigenvalue weighted by atomic mass is 32.5. The molecule has 9 N–H and O–H groups in total. The molecule has 0 radical (unpaired) electrons. The monoisotopic (exact) mass is 960 g/mol. The second-order valence-corrected chi connectivity index (χ2v) is 25.4. The zero-order valence-corrected chi connectivity index (χ0v) is 42.5. The smallest absolute Gasteiger partial charge is 0.374 e. The fourth-order valence-corrected chi connectivity index (χ4v) is 11.8. The summed E-state index contributed by atoms with van der Waals surface area (Å²) >= 11 is 10.8. The van der Waals surface area contributed by atoms with E-state index in [4.69, 9.17) is 83.9 Å². The number of rotatable bonds is 24. The van der Waals surface area contributed by atoms with E-state index < -0.39 is 46.6 Å². The maximum absolute atomic E-state index is 7.56. The van der Waals surface area contributed by atoms with Crippen LogP contribution in [-0.4, -0.2) is 130 Å². The first-order valence-corrected chi connectivity index (χ1v) is 31.6. The standard InChI is InChI=1S/3C9H22O3Si.3H3O3PS/c3*1-5-9-13(10-6-2,11-7-3)12-8-4;3*1-4(2,3)5/h3*5-9H2,1-4H3;3*(H3,1,2,3,5). The highest BCUT2D eigenvalue weighted by molar-refractivity contribution is 8.06. The van der Waals surface area contributed by atoms with E-state index in [9.17, 15) is 0 Å². The van der Waals surface area contributed by atoms with E-state index in [1.807, 2.05) is 62.3 Å². The minimum Gasteiger partial charge on any atom is -0.374 e. The van der Waals surface area contributed by atoms with Gasteiger partial charge in [-0.3, -0.25) is 0 Å². The average Bonchev–Trinajstić information content (AvgIpc) is 2.97. The van der Waals surface area contributed by atoms with E-state index in [0.29, 0.717) is 59.5 Å². The Morgan fingerprint density at radius 3 is 0.444 bits per heavy atom. The molecule has 0 saturated carbocycles. The largest absolute Gasteiger partial charge is 0.500 e. The third-order valence-corrected chi connectivity index (χ3v) is 14.8. The molecular formula is C27H75O18P3S3Si3. The van der Waals surface area contributed by atoms with Gasteiger partial charge in [-0.15, -0.1) is 0 Å². The lowest BCUT2D eigenvalue weighted by molar-refractivity contribution is 0.0703. The first-order chi connectivity index (χ1) is 24.7. The molecule has 0 heterocycles. The molecule has 0 aliphatic heterocycles. The molecule has 0 aromatic carbocycles. The van der Waals surface area contributed by atoms with Gasteiger partial charge in [0.15, 0.2) is 0 Å². The molecule has 0 aromatic heterocycles. The fraction of sp³-hybridized carbons (Fsp3) is 1.00. The molecule has 0 atom stereocenters. The Labute approximate surface area is 344 Å². The number of hydrogen-bond donors (Lipinski definition) is 9. The van der Waals surface area contributed by atoms with Gasteiger partial charge in [-0.25, -0.2) is 0 Å². The zero-order chi connectivity index (χ0) is 44.0. The predicted molar refractivity (Wildman–Crippen MR) is 230 cm³/mol. The summed E-state index contributed by atoms with van der Waals surface area (Å²) in [4.78, 5) is 68.0. The van der Waals surface area contributed by atoms with Crippen LogP contribution in [0.25, 0.3) is 0 Å². The Hall–Kier alpha value is 1.88. The summed E-state index contributed by atoms with van der Waals surface area (Å²) in [7, 11) is -6.89. The quantitative estimate of drug-likeness (QED) is 0.0460. The van der Waals surface area contributed by atoms with Gasteiger partial charge in [-0.1, -0.05) is 40.0 Å². The molecule has 0 spiro atoms. The van der Waals surface area contributed by atoms with Crippen LogP contribution in [0.15, 0.2) is 0 Å². The Morgan fingerprint density at radius 2 is 0.389 bits per heavy atom. The molecule has 0 fully saturated rings. The van der Waals surface area contributed by atoms with Crippen molar-refractivity contribution in [3.63, 3.8) is 0 Å². The SMILES string of the molecule is CCC[Si](OCC)(OCC)OCC.CCC[Si](OCC)(OCC)OCC.CCC[Si](OCC)(OCC)OCC.OP(O)(O)=S.OP(O)(O)=S.OP(O)(O)=S. The van der Waals surface area contributed by atoms with Crippen molar-refractivity contribution in [1.82, 2.24) is 0 Å². The summed E-state index contributed by atoms with van der Waals surface area (Å²) in [5.41, 5.74) is 0. The van der Waals surface area contributed by atoms with Crippen molar-refractivity contribution in [3.05, 3.63) is 0 Å². The lowest BCUT2D eigenvalue weighted by Crippen LogP contribution is -2.45. The average molecular weight is 961 g/mol. The van der Waals surface area contributed by atoms with Crippen LogP contribution in [0.4, 0.5) is 0 Å². The van der Waals surface area contributed by atoms with Gasteiger partial charge in [0, 0.05) is 77.6 Å². The van der Waals surface area contributed by atoms with E-state index in [-0.39, 0.29) is 0 Å². The van der Waals surface area contributed by atoms with Crippen LogP contribution in [0.1, 0.15) is 102 Å². The molecule has 0 rings (SSSR count). The van der Waals surface area contributed by atoms with Crippen LogP contribution in [-0.2, 0) is 75.3 Å². The van der Waals surface area contributed by atoms with Gasteiger partial charge in [0.25, 0.3) is 0 Å². The summed E-state index contributed by atoms with van der Waals surface area (Å²) < 4.78 is 50.8. The Kier molecular flexibility index (Phi) is 52.1. The predicted octanol–water partition coefficient (Wildman–Crippen LogP) is 4.90. The van der Waals surface area contributed by atoms with Gasteiger partial charge < -0.3 is 83.9 Å². The van der Waals surface area contributed by atoms with Crippen LogP contribution in [0, 0.1) is 0 Å². The molecule has 18 nitrogen and oxygen atoms in total. The molecule has 54 heavy (non-hydrogen) atoms. The van der Waals surface area contributed by atoms with Crippen molar-refractivity contribution < 1.29 is 83.9 Å². The first kappa shape index (κ1) is 67.6. The summed E-state index contributed by atoms with van der Waals surface area (Å²) in [5.74, 6) is 0. The highest BCUT2D eigenvalue weighted by Crippen LogP contribution is 2.27. The maximum Gasteiger partial charge on any atom is 0.500 e. The Balaban J connectivity index is -0.000000135. The minimum atomic E-state index is -3.81. The van der Waals surface area contributed by atoms with Crippen molar-refractivity contribution in [2.75, 3.05) is 59.5 Å². The molecule has 0 aliphatic carbocycles. The normalized spacial score (nSPS) is 11.9. The molecule has 336 valence electrons. The van der Waals surface area contributed by atoms with Crippen LogP contribution in [0.3, 0.4) is 0 Å². The third-order valence-electron chi connectivity index (χ3n) is 4.95. The summed E-state index contributed by atoms with van der Waals surface area (Å²) in [6, 6.07) is 2.76. The van der Waals surface area contributed by atoms with Gasteiger partial charge in [0.2, 0.25) is 0 Å². The van der Waals surface area contributed by atoms with Crippen LogP contribution < -0.4 is 0 Å². The fourth-order valence-electron chi connectivity index (χ4n) is 3.92. The molecule has 0 aromatic rings. The summed E-state index contributed by atoms with van der Waals surface area (Å²) in [6.45, 7) is 18.8. The first-order valence-electron chi connectivity index (χ1n) is 17.8. The van der Waals surface area contributed by atoms with Crippen molar-refractivity contribution in [1.29, 1.82) is 0 Å². The van der Waals surface area contributed by atoms with Gasteiger partial charge in [0.05, 0.1) is 0 Å². The highest BCUT2D eigenvalue weighted by Gasteiger charge is 2.40. The molecule has 0 unspecified atom stereocenters. The molecule has 27 heteroatoms. The molecule has 0 aliphatic rings. The van der Waals surface area contributed by atoms with Crippen molar-refractivity contribution >= 4 is 82.0 Å². The zero-order valence-electron chi connectivity index (χ0n) is 34.4. The molecular weight excluding hydrogens is 886 g/mol. The van der Waals surface area contributed by atoms with E-state index in [1.54, 1.807) is 0 Å². The second-order valence-electron chi connectivity index (χ2n) is 9.74. The second kappa shape index (κ2) is 41.6. The Bertz CT molecular complexity index is 712. The molecule has 0 bridgehead atoms. The molecule has 0 saturated heterocycles. The third kappa shape index (κ3) is 60.6. The van der Waals surface area contributed by atoms with Gasteiger partial charge >= 0.3 is 46.6 Å². The topological polar surface area (TPSA) is 265 Å². The van der Waals surface area contributed by atoms with E-state index in [0.717, 1.165) is 37.4 Å². The van der Waals surface area contributed by atoms with Gasteiger partial charge in [-0.2, -0.15) is 0 Å². The van der Waals surface area contributed by atoms with Gasteiger partial charge in [-0.05, 0) is 97.7 Å². The summed E-state index contributed by atoms with van der Waals surface area (Å²) in [6.07, 6.45) is 3.14. The minimum absolute atomic E-state index is 0.673. The van der Waals surface area contributed by atoms with Crippen LogP contribution in [0.2, 0.25) is 18.1 Å². The Morgan fingerprint density at radius 1 is 0.296 bits per heavy atom. The maximum atomic E-state index is 7.56. The van der Waals surface area contributed by atoms with Crippen molar-refractivity contribution in [2.45, 2.75) is 120 Å². The van der Waals surface area contributed by atoms with E-state index in [1.165, 1.54) is 0 Å². The van der Waals surface area contributed by atoms with E-state index >= 15 is 0 Å². The van der Waals surface area contributed by atoms with Crippen LogP contribution in [0.5, 0.6) is 0 Å². The van der Waals surface area contributed by atoms with Crippen molar-refractivity contribution in [2.24, 2.45) is 0 Å². The molecule has 0 amide bonds. The number of hydrogen-bond acceptors (Lipinski definition) is 12.